The lowest BCUT2D eigenvalue weighted by Crippen LogP contribution is -2.40. The lowest BCUT2D eigenvalue weighted by atomic mass is 10.0. The zero-order valence-corrected chi connectivity index (χ0v) is 19.5. The highest BCUT2D eigenvalue weighted by atomic mass is 35.5. The van der Waals surface area contributed by atoms with Gasteiger partial charge in [-0.25, -0.2) is 19.9 Å². The summed E-state index contributed by atoms with van der Waals surface area (Å²) in [6, 6.07) is 11.9. The molecular weight excluding hydrogens is 424 g/mol. The third-order valence-corrected chi connectivity index (χ3v) is 5.90. The van der Waals surface area contributed by atoms with Crippen molar-refractivity contribution < 1.29 is 5.11 Å². The average Bonchev–Trinajstić information content (AvgIpc) is 2.75. The first kappa shape index (κ1) is 22.4. The van der Waals surface area contributed by atoms with Crippen LogP contribution < -0.4 is 10.2 Å². The Labute approximate surface area is 193 Å². The van der Waals surface area contributed by atoms with E-state index in [1.807, 2.05) is 43.3 Å². The largest absolute Gasteiger partial charge is 0.384 e. The quantitative estimate of drug-likeness (QED) is 0.581. The number of nitrogens with one attached hydrogen (secondary N) is 1. The number of halogens is 1. The molecule has 3 aromatic rings. The number of aryl methyl sites for hydroxylation is 1. The number of hydrogen-bond donors (Lipinski definition) is 2. The zero-order chi connectivity index (χ0) is 22.7. The SMILES string of the molecule is Cc1cc(N2CCC(Nc3nc(Cc4ccc(Cl)cc4)cc(C(C)(C)O)n3)CC2)ncn1. The molecular formula is C24H29ClN6O. The van der Waals surface area contributed by atoms with Gasteiger partial charge in [0, 0.05) is 42.3 Å². The molecule has 4 rings (SSSR count). The molecule has 2 aromatic heterocycles. The molecule has 0 saturated carbocycles. The maximum atomic E-state index is 10.6. The Bertz CT molecular complexity index is 1060. The number of nitrogens with zero attached hydrogens (tertiary/aromatic N) is 5. The van der Waals surface area contributed by atoms with Gasteiger partial charge < -0.3 is 15.3 Å². The van der Waals surface area contributed by atoms with E-state index in [-0.39, 0.29) is 6.04 Å². The van der Waals surface area contributed by atoms with Crippen molar-refractivity contribution in [3.05, 3.63) is 70.4 Å². The highest BCUT2D eigenvalue weighted by molar-refractivity contribution is 6.30. The molecule has 32 heavy (non-hydrogen) atoms. The van der Waals surface area contributed by atoms with E-state index in [2.05, 4.69) is 25.2 Å². The van der Waals surface area contributed by atoms with Gasteiger partial charge in [-0.15, -0.1) is 0 Å². The molecule has 8 heteroatoms. The Morgan fingerprint density at radius 1 is 1.09 bits per heavy atom. The van der Waals surface area contributed by atoms with Crippen molar-refractivity contribution in [3.63, 3.8) is 0 Å². The van der Waals surface area contributed by atoms with E-state index in [0.717, 1.165) is 48.7 Å². The maximum absolute atomic E-state index is 10.6. The summed E-state index contributed by atoms with van der Waals surface area (Å²) in [5, 5.41) is 14.8. The van der Waals surface area contributed by atoms with Gasteiger partial charge in [-0.3, -0.25) is 0 Å². The summed E-state index contributed by atoms with van der Waals surface area (Å²) in [4.78, 5) is 20.2. The predicted molar refractivity (Wildman–Crippen MR) is 127 cm³/mol. The molecule has 168 valence electrons. The second-order valence-corrected chi connectivity index (χ2v) is 9.29. The van der Waals surface area contributed by atoms with Gasteiger partial charge in [0.15, 0.2) is 0 Å². The van der Waals surface area contributed by atoms with Gasteiger partial charge in [-0.2, -0.15) is 0 Å². The van der Waals surface area contributed by atoms with Crippen LogP contribution >= 0.6 is 11.6 Å². The van der Waals surface area contributed by atoms with E-state index in [9.17, 15) is 5.11 Å². The van der Waals surface area contributed by atoms with Crippen LogP contribution in [-0.4, -0.2) is 44.2 Å². The molecule has 0 amide bonds. The van der Waals surface area contributed by atoms with Crippen LogP contribution in [0.25, 0.3) is 0 Å². The molecule has 0 bridgehead atoms. The van der Waals surface area contributed by atoms with Gasteiger partial charge in [0.1, 0.15) is 17.7 Å². The standard InChI is InChI=1S/C24H29ClN6O/c1-16-12-22(27-15-26-16)31-10-8-19(9-11-31)28-23-29-20(14-21(30-23)24(2,3)32)13-17-4-6-18(25)7-5-17/h4-7,12,14-15,19,32H,8-11,13H2,1-3H3,(H,28,29,30). The van der Waals surface area contributed by atoms with Crippen LogP contribution in [0.3, 0.4) is 0 Å². The monoisotopic (exact) mass is 452 g/mol. The minimum Gasteiger partial charge on any atom is -0.384 e. The molecule has 0 aliphatic carbocycles. The highest BCUT2D eigenvalue weighted by Crippen LogP contribution is 2.24. The van der Waals surface area contributed by atoms with Crippen LogP contribution in [0.5, 0.6) is 0 Å². The second-order valence-electron chi connectivity index (χ2n) is 8.85. The minimum absolute atomic E-state index is 0.259. The predicted octanol–water partition coefficient (Wildman–Crippen LogP) is 4.13. The number of hydrogen-bond acceptors (Lipinski definition) is 7. The molecule has 0 atom stereocenters. The van der Waals surface area contributed by atoms with Gasteiger partial charge in [-0.05, 0) is 57.4 Å². The van der Waals surface area contributed by atoms with E-state index in [1.165, 1.54) is 0 Å². The fraction of sp³-hybridized carbons (Fsp3) is 0.417. The van der Waals surface area contributed by atoms with Gasteiger partial charge in [0.25, 0.3) is 0 Å². The first-order valence-electron chi connectivity index (χ1n) is 10.9. The van der Waals surface area contributed by atoms with E-state index >= 15 is 0 Å². The highest BCUT2D eigenvalue weighted by Gasteiger charge is 2.24. The summed E-state index contributed by atoms with van der Waals surface area (Å²) in [6.45, 7) is 7.27. The van der Waals surface area contributed by atoms with Crippen LogP contribution in [0.15, 0.2) is 42.7 Å². The third kappa shape index (κ3) is 5.72. The Hall–Kier alpha value is -2.77. The Balaban J connectivity index is 1.47. The van der Waals surface area contributed by atoms with Crippen LogP contribution in [0, 0.1) is 6.92 Å². The molecule has 1 aliphatic heterocycles. The zero-order valence-electron chi connectivity index (χ0n) is 18.7. The number of piperidine rings is 1. The van der Waals surface area contributed by atoms with Crippen molar-refractivity contribution >= 4 is 23.4 Å². The molecule has 2 N–H and O–H groups in total. The van der Waals surface area contributed by atoms with Gasteiger partial charge in [0.05, 0.1) is 11.4 Å². The fourth-order valence-electron chi connectivity index (χ4n) is 3.83. The van der Waals surface area contributed by atoms with Gasteiger partial charge in [0.2, 0.25) is 5.95 Å². The summed E-state index contributed by atoms with van der Waals surface area (Å²) in [5.74, 6) is 1.53. The number of benzene rings is 1. The molecule has 1 fully saturated rings. The van der Waals surface area contributed by atoms with Crippen LogP contribution in [0.4, 0.5) is 11.8 Å². The summed E-state index contributed by atoms with van der Waals surface area (Å²) in [7, 11) is 0. The minimum atomic E-state index is -1.05. The maximum Gasteiger partial charge on any atom is 0.223 e. The summed E-state index contributed by atoms with van der Waals surface area (Å²) in [5.41, 5.74) is 2.49. The van der Waals surface area contributed by atoms with Crippen molar-refractivity contribution in [3.8, 4) is 0 Å². The Morgan fingerprint density at radius 2 is 1.81 bits per heavy atom. The first-order chi connectivity index (χ1) is 15.3. The Kier molecular flexibility index (Phi) is 6.58. The average molecular weight is 453 g/mol. The molecule has 1 saturated heterocycles. The van der Waals surface area contributed by atoms with Crippen molar-refractivity contribution in [1.82, 2.24) is 19.9 Å². The molecule has 0 unspecified atom stereocenters. The topological polar surface area (TPSA) is 87.1 Å². The Morgan fingerprint density at radius 3 is 2.47 bits per heavy atom. The van der Waals surface area contributed by atoms with Crippen molar-refractivity contribution in [2.24, 2.45) is 0 Å². The molecule has 1 aromatic carbocycles. The lowest BCUT2D eigenvalue weighted by Gasteiger charge is -2.33. The van der Waals surface area contributed by atoms with E-state index < -0.39 is 5.60 Å². The third-order valence-electron chi connectivity index (χ3n) is 5.65. The molecule has 1 aliphatic rings. The van der Waals surface area contributed by atoms with Crippen LogP contribution in [0.1, 0.15) is 49.3 Å². The molecule has 3 heterocycles. The number of rotatable bonds is 6. The molecule has 7 nitrogen and oxygen atoms in total. The van der Waals surface area contributed by atoms with Crippen molar-refractivity contribution in [2.75, 3.05) is 23.3 Å². The van der Waals surface area contributed by atoms with Crippen LogP contribution in [0.2, 0.25) is 5.02 Å². The van der Waals surface area contributed by atoms with Gasteiger partial charge >= 0.3 is 0 Å². The molecule has 0 spiro atoms. The van der Waals surface area contributed by atoms with Crippen molar-refractivity contribution in [1.29, 1.82) is 0 Å². The summed E-state index contributed by atoms with van der Waals surface area (Å²) >= 11 is 6.01. The smallest absolute Gasteiger partial charge is 0.223 e. The van der Waals surface area contributed by atoms with E-state index in [0.29, 0.717) is 23.1 Å². The van der Waals surface area contributed by atoms with E-state index in [1.54, 1.807) is 20.2 Å². The number of aliphatic hydroxyl groups is 1. The number of aromatic nitrogens is 4. The first-order valence-corrected chi connectivity index (χ1v) is 11.3. The summed E-state index contributed by atoms with van der Waals surface area (Å²) in [6.07, 6.45) is 4.16. The van der Waals surface area contributed by atoms with E-state index in [4.69, 9.17) is 16.6 Å². The number of anilines is 2. The summed E-state index contributed by atoms with van der Waals surface area (Å²) < 4.78 is 0. The molecule has 0 radical (unpaired) electrons. The second kappa shape index (κ2) is 9.38. The fourth-order valence-corrected chi connectivity index (χ4v) is 3.95. The van der Waals surface area contributed by atoms with Gasteiger partial charge in [-0.1, -0.05) is 23.7 Å². The van der Waals surface area contributed by atoms with Crippen LogP contribution in [-0.2, 0) is 12.0 Å². The lowest BCUT2D eigenvalue weighted by molar-refractivity contribution is 0.0737. The van der Waals surface area contributed by atoms with Crippen molar-refractivity contribution in [2.45, 2.75) is 51.7 Å². The normalized spacial score (nSPS) is 15.1.